The summed E-state index contributed by atoms with van der Waals surface area (Å²) in [6.45, 7) is 5.53. The number of anilines is 3. The quantitative estimate of drug-likeness (QED) is 0.280. The molecule has 11 nitrogen and oxygen atoms in total. The monoisotopic (exact) mass is 553 g/mol. The van der Waals surface area contributed by atoms with Crippen LogP contribution in [0.4, 0.5) is 21.9 Å². The standard InChI is InChI=1S/C28H27N9O2S/c1-18-5-7-20(8-6-18)32-27(38)33-23-14-21-22(15-24(23)37-12-10-36(2)11-13-37)30-17-31-26(21)40-28-35-34-25(39-28)19-4-3-9-29-16-19/h3-9,14-17H,10-13H2,1-2H3,(H2,32,33,38). The van der Waals surface area contributed by atoms with Crippen LogP contribution in [0.5, 0.6) is 0 Å². The number of benzene rings is 2. The summed E-state index contributed by atoms with van der Waals surface area (Å²) in [4.78, 5) is 30.8. The van der Waals surface area contributed by atoms with Crippen LogP contribution in [-0.4, -0.2) is 69.3 Å². The van der Waals surface area contributed by atoms with Crippen LogP contribution in [0.25, 0.3) is 22.4 Å². The highest BCUT2D eigenvalue weighted by Crippen LogP contribution is 2.37. The fourth-order valence-electron chi connectivity index (χ4n) is 4.42. The van der Waals surface area contributed by atoms with Crippen LogP contribution < -0.4 is 15.5 Å². The number of fused-ring (bicyclic) bond motifs is 1. The number of hydrogen-bond donors (Lipinski definition) is 2. The van der Waals surface area contributed by atoms with E-state index in [0.29, 0.717) is 27.5 Å². The average molecular weight is 554 g/mol. The largest absolute Gasteiger partial charge is 0.411 e. The molecule has 2 N–H and O–H groups in total. The summed E-state index contributed by atoms with van der Waals surface area (Å²) < 4.78 is 5.87. The van der Waals surface area contributed by atoms with Gasteiger partial charge in [-0.25, -0.2) is 14.8 Å². The van der Waals surface area contributed by atoms with Crippen molar-refractivity contribution in [1.29, 1.82) is 0 Å². The van der Waals surface area contributed by atoms with Crippen molar-refractivity contribution >= 4 is 45.8 Å². The van der Waals surface area contributed by atoms with Gasteiger partial charge < -0.3 is 24.9 Å². The van der Waals surface area contributed by atoms with Gasteiger partial charge >= 0.3 is 6.03 Å². The molecule has 0 spiro atoms. The molecule has 0 aliphatic carbocycles. The highest BCUT2D eigenvalue weighted by atomic mass is 32.2. The molecule has 5 aromatic rings. The van der Waals surface area contributed by atoms with Gasteiger partial charge in [-0.05, 0) is 62.1 Å². The maximum Gasteiger partial charge on any atom is 0.323 e. The van der Waals surface area contributed by atoms with E-state index in [4.69, 9.17) is 4.42 Å². The van der Waals surface area contributed by atoms with Gasteiger partial charge in [0.05, 0.1) is 22.5 Å². The first-order valence-electron chi connectivity index (χ1n) is 12.8. The molecule has 1 fully saturated rings. The zero-order valence-electron chi connectivity index (χ0n) is 22.0. The van der Waals surface area contributed by atoms with E-state index in [1.54, 1.807) is 12.4 Å². The van der Waals surface area contributed by atoms with E-state index in [-0.39, 0.29) is 6.03 Å². The number of hydrogen-bond acceptors (Lipinski definition) is 10. The number of nitrogens with one attached hydrogen (secondary N) is 2. The van der Waals surface area contributed by atoms with E-state index >= 15 is 0 Å². The molecule has 2 aromatic carbocycles. The lowest BCUT2D eigenvalue weighted by Gasteiger charge is -2.35. The summed E-state index contributed by atoms with van der Waals surface area (Å²) in [6, 6.07) is 14.9. The molecule has 0 atom stereocenters. The van der Waals surface area contributed by atoms with E-state index < -0.39 is 0 Å². The van der Waals surface area contributed by atoms with Gasteiger partial charge in [0.2, 0.25) is 5.89 Å². The number of urea groups is 1. The Hall–Kier alpha value is -4.55. The number of aromatic nitrogens is 5. The van der Waals surface area contributed by atoms with Gasteiger partial charge in [0.1, 0.15) is 11.4 Å². The number of piperazine rings is 1. The lowest BCUT2D eigenvalue weighted by molar-refractivity contribution is 0.262. The molecular weight excluding hydrogens is 526 g/mol. The Morgan fingerprint density at radius 1 is 1.00 bits per heavy atom. The molecule has 1 saturated heterocycles. The molecule has 202 valence electrons. The zero-order valence-corrected chi connectivity index (χ0v) is 22.9. The maximum atomic E-state index is 13.1. The second-order valence-electron chi connectivity index (χ2n) is 9.52. The number of pyridine rings is 1. The third-order valence-corrected chi connectivity index (χ3v) is 7.48. The number of nitrogens with zero attached hydrogens (tertiary/aromatic N) is 7. The number of aryl methyl sites for hydroxylation is 1. The Kier molecular flexibility index (Phi) is 7.25. The van der Waals surface area contributed by atoms with Crippen molar-refractivity contribution in [3.8, 4) is 11.5 Å². The molecule has 2 amide bonds. The molecule has 4 heterocycles. The van der Waals surface area contributed by atoms with Gasteiger partial charge in [0.15, 0.2) is 0 Å². The number of amides is 2. The Morgan fingerprint density at radius 3 is 2.60 bits per heavy atom. The summed E-state index contributed by atoms with van der Waals surface area (Å²) in [5, 5.41) is 16.1. The van der Waals surface area contributed by atoms with Crippen molar-refractivity contribution in [3.05, 3.63) is 72.8 Å². The van der Waals surface area contributed by atoms with E-state index in [1.807, 2.05) is 55.5 Å². The normalized spacial score (nSPS) is 13.9. The Bertz CT molecular complexity index is 1640. The second kappa shape index (κ2) is 11.3. The second-order valence-corrected chi connectivity index (χ2v) is 10.5. The third-order valence-electron chi connectivity index (χ3n) is 6.62. The third kappa shape index (κ3) is 5.72. The van der Waals surface area contributed by atoms with Gasteiger partial charge in [-0.3, -0.25) is 4.98 Å². The molecule has 0 radical (unpaired) electrons. The van der Waals surface area contributed by atoms with E-state index in [1.165, 1.54) is 18.1 Å². The summed E-state index contributed by atoms with van der Waals surface area (Å²) >= 11 is 1.25. The molecule has 1 aliphatic rings. The molecule has 0 saturated carbocycles. The SMILES string of the molecule is Cc1ccc(NC(=O)Nc2cc3c(Sc4nnc(-c5cccnc5)o4)ncnc3cc2N2CCN(C)CC2)cc1. The molecule has 3 aromatic heterocycles. The van der Waals surface area contributed by atoms with Gasteiger partial charge in [0.25, 0.3) is 5.22 Å². The van der Waals surface area contributed by atoms with Crippen LogP contribution in [0.3, 0.4) is 0 Å². The lowest BCUT2D eigenvalue weighted by atomic mass is 10.1. The predicted octanol–water partition coefficient (Wildman–Crippen LogP) is 4.93. The molecule has 0 bridgehead atoms. The minimum atomic E-state index is -0.331. The number of carbonyl (C=O) groups is 1. The molecule has 12 heteroatoms. The van der Waals surface area contributed by atoms with Gasteiger partial charge in [-0.2, -0.15) is 0 Å². The fourth-order valence-corrected chi connectivity index (χ4v) is 5.16. The van der Waals surface area contributed by atoms with Gasteiger partial charge in [0, 0.05) is 49.6 Å². The number of rotatable bonds is 6. The van der Waals surface area contributed by atoms with Gasteiger partial charge in [-0.15, -0.1) is 10.2 Å². The topological polar surface area (TPSA) is 125 Å². The minimum absolute atomic E-state index is 0.331. The van der Waals surface area contributed by atoms with Crippen molar-refractivity contribution in [3.63, 3.8) is 0 Å². The first-order valence-corrected chi connectivity index (χ1v) is 13.6. The molecule has 6 rings (SSSR count). The summed E-state index contributed by atoms with van der Waals surface area (Å²) in [7, 11) is 2.11. The summed E-state index contributed by atoms with van der Waals surface area (Å²) in [5.74, 6) is 0.376. The van der Waals surface area contributed by atoms with Crippen molar-refractivity contribution in [2.75, 3.05) is 48.8 Å². The lowest BCUT2D eigenvalue weighted by Crippen LogP contribution is -2.44. The predicted molar refractivity (Wildman–Crippen MR) is 155 cm³/mol. The first-order chi connectivity index (χ1) is 19.5. The maximum absolute atomic E-state index is 13.1. The van der Waals surface area contributed by atoms with Crippen LogP contribution in [0.2, 0.25) is 0 Å². The Morgan fingerprint density at radius 2 is 1.82 bits per heavy atom. The first kappa shape index (κ1) is 25.7. The fraction of sp³-hybridized carbons (Fsp3) is 0.214. The average Bonchev–Trinajstić information content (AvgIpc) is 3.44. The van der Waals surface area contributed by atoms with Crippen molar-refractivity contribution in [2.45, 2.75) is 17.2 Å². The smallest absolute Gasteiger partial charge is 0.323 e. The van der Waals surface area contributed by atoms with Crippen LogP contribution in [0.15, 0.2) is 81.9 Å². The van der Waals surface area contributed by atoms with Crippen molar-refractivity contribution < 1.29 is 9.21 Å². The molecule has 40 heavy (non-hydrogen) atoms. The molecule has 0 unspecified atom stereocenters. The zero-order chi connectivity index (χ0) is 27.5. The van der Waals surface area contributed by atoms with Crippen LogP contribution in [-0.2, 0) is 0 Å². The van der Waals surface area contributed by atoms with E-state index in [0.717, 1.165) is 53.9 Å². The van der Waals surface area contributed by atoms with Gasteiger partial charge in [-0.1, -0.05) is 17.7 Å². The van der Waals surface area contributed by atoms with Crippen LogP contribution in [0.1, 0.15) is 5.56 Å². The minimum Gasteiger partial charge on any atom is -0.411 e. The molecule has 1 aliphatic heterocycles. The molecular formula is C28H27N9O2S. The number of likely N-dealkylation sites (N-methyl/N-ethyl adjacent to an activating group) is 1. The van der Waals surface area contributed by atoms with Crippen molar-refractivity contribution in [2.24, 2.45) is 0 Å². The summed E-state index contributed by atoms with van der Waals surface area (Å²) in [6.07, 6.45) is 4.88. The van der Waals surface area contributed by atoms with E-state index in [9.17, 15) is 4.79 Å². The van der Waals surface area contributed by atoms with Crippen LogP contribution >= 0.6 is 11.8 Å². The Labute approximate surface area is 235 Å². The van der Waals surface area contributed by atoms with Crippen molar-refractivity contribution in [1.82, 2.24) is 30.0 Å². The highest BCUT2D eigenvalue weighted by molar-refractivity contribution is 7.99. The van der Waals surface area contributed by atoms with E-state index in [2.05, 4.69) is 52.6 Å². The Balaban J connectivity index is 1.32. The number of carbonyl (C=O) groups excluding carboxylic acids is 1. The summed E-state index contributed by atoms with van der Waals surface area (Å²) in [5.41, 5.74) is 4.90. The van der Waals surface area contributed by atoms with Crippen LogP contribution in [0, 0.1) is 6.92 Å². The highest BCUT2D eigenvalue weighted by Gasteiger charge is 2.21.